The molecule has 4 heterocycles. The van der Waals surface area contributed by atoms with Crippen LogP contribution in [0.1, 0.15) is 12.8 Å². The van der Waals surface area contributed by atoms with E-state index in [1.165, 1.54) is 21.2 Å². The van der Waals surface area contributed by atoms with Gasteiger partial charge in [0.1, 0.15) is 0 Å². The lowest BCUT2D eigenvalue weighted by molar-refractivity contribution is -0.104. The van der Waals surface area contributed by atoms with E-state index in [1.54, 1.807) is 0 Å². The Kier molecular flexibility index (Phi) is 4.28. The van der Waals surface area contributed by atoms with Gasteiger partial charge in [0.2, 0.25) is 0 Å². The molecule has 0 spiro atoms. The van der Waals surface area contributed by atoms with Crippen molar-refractivity contribution in [2.75, 3.05) is 31.1 Å². The highest BCUT2D eigenvalue weighted by molar-refractivity contribution is 7.99. The molecular weight excluding hydrogens is 332 g/mol. The molecule has 0 saturated carbocycles. The van der Waals surface area contributed by atoms with Crippen molar-refractivity contribution in [3.63, 3.8) is 0 Å². The summed E-state index contributed by atoms with van der Waals surface area (Å²) in [6.07, 6.45) is 2.25. The van der Waals surface area contributed by atoms with Gasteiger partial charge in [0, 0.05) is 16.3 Å². The highest BCUT2D eigenvalue weighted by Crippen LogP contribution is 2.49. The number of hydrogen-bond donors (Lipinski definition) is 1. The molecule has 0 radical (unpaired) electrons. The first-order valence-corrected chi connectivity index (χ1v) is 9.63. The monoisotopic (exact) mass is 356 g/mol. The number of para-hydroxylation sites is 2. The number of hydrogen-bond acceptors (Lipinski definition) is 4. The molecule has 5 heteroatoms. The smallest absolute Gasteiger partial charge is 0.0980 e. The Morgan fingerprint density at radius 1 is 0.960 bits per heavy atom. The minimum Gasteiger partial charge on any atom is -0.412 e. The predicted octanol–water partition coefficient (Wildman–Crippen LogP) is 2.92. The Hall–Kier alpha value is -1.53. The van der Waals surface area contributed by atoms with Crippen molar-refractivity contribution < 1.29 is 10.6 Å². The van der Waals surface area contributed by atoms with Crippen LogP contribution >= 0.6 is 11.8 Å². The van der Waals surface area contributed by atoms with Gasteiger partial charge >= 0.3 is 0 Å². The van der Waals surface area contributed by atoms with Gasteiger partial charge in [-0.15, -0.1) is 0 Å². The van der Waals surface area contributed by atoms with Crippen LogP contribution < -0.4 is 4.90 Å². The highest BCUT2D eigenvalue weighted by atomic mass is 32.2. The molecule has 1 unspecified atom stereocenters. The first-order chi connectivity index (χ1) is 11.7. The molecule has 3 N–H and O–H groups in total. The van der Waals surface area contributed by atoms with Crippen LogP contribution in [0.2, 0.25) is 0 Å². The van der Waals surface area contributed by atoms with Gasteiger partial charge in [-0.3, -0.25) is 0 Å². The lowest BCUT2D eigenvalue weighted by atomic mass is 9.75. The Bertz CT molecular complexity index is 730. The number of benzene rings is 2. The van der Waals surface area contributed by atoms with Gasteiger partial charge in [-0.05, 0) is 56.1 Å². The Morgan fingerprint density at radius 2 is 1.52 bits per heavy atom. The number of nitrogens with zero attached hydrogens (tertiary/aromatic N) is 2. The zero-order valence-electron chi connectivity index (χ0n) is 14.2. The van der Waals surface area contributed by atoms with Crippen molar-refractivity contribution in [2.24, 2.45) is 5.92 Å². The molecule has 132 valence electrons. The van der Waals surface area contributed by atoms with Gasteiger partial charge in [0.15, 0.2) is 0 Å². The van der Waals surface area contributed by atoms with Crippen molar-refractivity contribution in [3.05, 3.63) is 48.5 Å². The maximum Gasteiger partial charge on any atom is 0.0980 e. The van der Waals surface area contributed by atoms with Gasteiger partial charge < -0.3 is 20.4 Å². The van der Waals surface area contributed by atoms with Crippen molar-refractivity contribution in [1.82, 2.24) is 4.90 Å². The number of rotatable bonds is 2. The van der Waals surface area contributed by atoms with Gasteiger partial charge in [-0.1, -0.05) is 36.0 Å². The lowest BCUT2D eigenvalue weighted by Crippen LogP contribution is -2.63. The third-order valence-electron chi connectivity index (χ3n) is 5.81. The van der Waals surface area contributed by atoms with Crippen LogP contribution in [-0.2, 0) is 0 Å². The maximum atomic E-state index is 11.5. The SMILES string of the molecule is O.OC1(CN2c3ccccc3Sc3ccccc32)CN2CCC1CC2. The van der Waals surface area contributed by atoms with Gasteiger partial charge in [0.05, 0.1) is 23.5 Å². The molecular formula is C20H24N2O2S. The molecule has 4 aliphatic rings. The highest BCUT2D eigenvalue weighted by Gasteiger charge is 2.47. The van der Waals surface area contributed by atoms with Crippen molar-refractivity contribution in [2.45, 2.75) is 28.2 Å². The average Bonchev–Trinajstić information content (AvgIpc) is 2.62. The van der Waals surface area contributed by atoms with Crippen LogP contribution in [0.15, 0.2) is 58.3 Å². The molecule has 3 fully saturated rings. The summed E-state index contributed by atoms with van der Waals surface area (Å²) in [5, 5.41) is 11.5. The molecule has 2 aromatic rings. The summed E-state index contributed by atoms with van der Waals surface area (Å²) >= 11 is 1.83. The van der Waals surface area contributed by atoms with E-state index in [9.17, 15) is 5.11 Å². The first-order valence-electron chi connectivity index (χ1n) is 8.81. The standard InChI is InChI=1S/C20H22N2OS.H2O/c23-20(13-21-11-9-15(20)10-12-21)14-22-16-5-1-3-7-18(16)24-19-8-4-2-6-17(19)22;/h1-8,15,23H,9-14H2;1H2. The third-order valence-corrected chi connectivity index (χ3v) is 6.94. The minimum atomic E-state index is -0.612. The topological polar surface area (TPSA) is 58.2 Å². The molecule has 3 saturated heterocycles. The summed E-state index contributed by atoms with van der Waals surface area (Å²) in [5.74, 6) is 0.427. The summed E-state index contributed by atoms with van der Waals surface area (Å²) in [7, 11) is 0. The zero-order valence-corrected chi connectivity index (χ0v) is 15.0. The minimum absolute atomic E-state index is 0. The van der Waals surface area contributed by atoms with E-state index in [-0.39, 0.29) is 5.48 Å². The molecule has 2 bridgehead atoms. The van der Waals surface area contributed by atoms with E-state index in [0.717, 1.165) is 32.5 Å². The van der Waals surface area contributed by atoms with E-state index in [1.807, 2.05) is 11.8 Å². The summed E-state index contributed by atoms with van der Waals surface area (Å²) in [6.45, 7) is 3.79. The van der Waals surface area contributed by atoms with Crippen molar-refractivity contribution in [1.29, 1.82) is 0 Å². The molecule has 4 aliphatic heterocycles. The van der Waals surface area contributed by atoms with E-state index < -0.39 is 5.60 Å². The average molecular weight is 356 g/mol. The Labute approximate surface area is 152 Å². The van der Waals surface area contributed by atoms with E-state index >= 15 is 0 Å². The number of aliphatic hydroxyl groups is 1. The summed E-state index contributed by atoms with van der Waals surface area (Å²) in [5.41, 5.74) is 1.84. The molecule has 0 aliphatic carbocycles. The molecule has 2 aromatic carbocycles. The van der Waals surface area contributed by atoms with Crippen LogP contribution in [0.3, 0.4) is 0 Å². The second kappa shape index (κ2) is 6.32. The molecule has 0 amide bonds. The van der Waals surface area contributed by atoms with Crippen LogP contribution in [0.25, 0.3) is 0 Å². The van der Waals surface area contributed by atoms with Gasteiger partial charge in [-0.25, -0.2) is 0 Å². The van der Waals surface area contributed by atoms with E-state index in [2.05, 4.69) is 58.3 Å². The fourth-order valence-corrected chi connectivity index (χ4v) is 5.64. The van der Waals surface area contributed by atoms with Gasteiger partial charge in [-0.2, -0.15) is 0 Å². The summed E-state index contributed by atoms with van der Waals surface area (Å²) in [4.78, 5) is 7.33. The number of anilines is 2. The molecule has 4 nitrogen and oxygen atoms in total. The predicted molar refractivity (Wildman–Crippen MR) is 102 cm³/mol. The Morgan fingerprint density at radius 3 is 2.04 bits per heavy atom. The third kappa shape index (κ3) is 2.75. The number of β-amino-alcohol motifs (C(OH)–C–C–N with tert-alkyl or cyclic N) is 1. The van der Waals surface area contributed by atoms with Gasteiger partial charge in [0.25, 0.3) is 0 Å². The van der Waals surface area contributed by atoms with Crippen molar-refractivity contribution >= 4 is 23.1 Å². The fraction of sp³-hybridized carbons (Fsp3) is 0.400. The van der Waals surface area contributed by atoms with Crippen molar-refractivity contribution in [3.8, 4) is 0 Å². The fourth-order valence-electron chi connectivity index (χ4n) is 4.55. The molecule has 25 heavy (non-hydrogen) atoms. The summed E-state index contributed by atoms with van der Waals surface area (Å²) in [6, 6.07) is 17.1. The number of piperidine rings is 3. The lowest BCUT2D eigenvalue weighted by Gasteiger charge is -2.52. The maximum absolute atomic E-state index is 11.5. The Balaban J connectivity index is 0.00000157. The van der Waals surface area contributed by atoms with Crippen LogP contribution in [0.4, 0.5) is 11.4 Å². The zero-order chi connectivity index (χ0) is 16.1. The second-order valence-electron chi connectivity index (χ2n) is 7.28. The van der Waals surface area contributed by atoms with E-state index in [0.29, 0.717) is 12.5 Å². The molecule has 0 aromatic heterocycles. The summed E-state index contributed by atoms with van der Waals surface area (Å²) < 4.78 is 0. The van der Waals surface area contributed by atoms with Crippen LogP contribution in [0, 0.1) is 5.92 Å². The molecule has 1 atom stereocenters. The van der Waals surface area contributed by atoms with E-state index in [4.69, 9.17) is 0 Å². The second-order valence-corrected chi connectivity index (χ2v) is 8.36. The first kappa shape index (κ1) is 16.9. The van der Waals surface area contributed by atoms with Crippen LogP contribution in [-0.4, -0.2) is 47.3 Å². The number of fused-ring (bicyclic) bond motifs is 5. The largest absolute Gasteiger partial charge is 0.412 e. The quantitative estimate of drug-likeness (QED) is 0.899. The van der Waals surface area contributed by atoms with Crippen LogP contribution in [0.5, 0.6) is 0 Å². The normalized spacial score (nSPS) is 29.6. The molecule has 6 rings (SSSR count).